The summed E-state index contributed by atoms with van der Waals surface area (Å²) >= 11 is 6.60. The fourth-order valence-corrected chi connectivity index (χ4v) is 1.53. The van der Waals surface area contributed by atoms with Crippen molar-refractivity contribution in [3.63, 3.8) is 0 Å². The second-order valence-corrected chi connectivity index (χ2v) is 3.93. The van der Waals surface area contributed by atoms with Crippen LogP contribution in [-0.4, -0.2) is 14.6 Å². The highest BCUT2D eigenvalue weighted by atomic mass is 79.9. The van der Waals surface area contributed by atoms with E-state index in [-0.39, 0.29) is 5.69 Å². The van der Waals surface area contributed by atoms with Crippen LogP contribution in [0.3, 0.4) is 0 Å². The molecule has 0 unspecified atom stereocenters. The normalized spacial score (nSPS) is 10.8. The smallest absolute Gasteiger partial charge is 0.249 e. The van der Waals surface area contributed by atoms with Gasteiger partial charge in [0.25, 0.3) is 0 Å². The summed E-state index contributed by atoms with van der Waals surface area (Å²) in [6.45, 7) is 0. The predicted molar refractivity (Wildman–Crippen MR) is 51.2 cm³/mol. The number of nitrogens with one attached hydrogen (secondary N) is 1. The van der Waals surface area contributed by atoms with Crippen molar-refractivity contribution in [2.75, 3.05) is 0 Å². The summed E-state index contributed by atoms with van der Waals surface area (Å²) in [7, 11) is 0. The van der Waals surface area contributed by atoms with Crippen molar-refractivity contribution >= 4 is 37.5 Å². The molecule has 1 N–H and O–H groups in total. The largest absolute Gasteiger partial charge is 0.347 e. The Bertz CT molecular complexity index is 487. The molecule has 0 aromatic carbocycles. The van der Waals surface area contributed by atoms with E-state index >= 15 is 0 Å². The predicted octanol–water partition coefficient (Wildman–Crippen LogP) is 1.55. The van der Waals surface area contributed by atoms with Crippen molar-refractivity contribution in [2.24, 2.45) is 0 Å². The average molecular weight is 293 g/mol. The monoisotopic (exact) mass is 291 g/mol. The Labute approximate surface area is 83.9 Å². The number of hydrogen-bond donors (Lipinski definition) is 1. The molecule has 0 fully saturated rings. The molecule has 2 heterocycles. The van der Waals surface area contributed by atoms with Gasteiger partial charge in [-0.05, 0) is 37.9 Å². The van der Waals surface area contributed by atoms with E-state index in [0.29, 0.717) is 5.65 Å². The molecule has 62 valence electrons. The van der Waals surface area contributed by atoms with Gasteiger partial charge in [-0.2, -0.15) is 5.10 Å². The fraction of sp³-hybridized carbons (Fsp3) is 0. The Morgan fingerprint density at radius 2 is 2.17 bits per heavy atom. The van der Waals surface area contributed by atoms with Gasteiger partial charge in [0, 0.05) is 15.1 Å². The van der Waals surface area contributed by atoms with E-state index in [1.54, 1.807) is 12.3 Å². The zero-order chi connectivity index (χ0) is 8.72. The minimum absolute atomic E-state index is 0.238. The number of aromatic amines is 1. The molecule has 0 aliphatic carbocycles. The quantitative estimate of drug-likeness (QED) is 0.801. The molecular formula is C6H3Br2N3O. The van der Waals surface area contributed by atoms with Gasteiger partial charge in [-0.3, -0.25) is 0 Å². The molecule has 0 radical (unpaired) electrons. The van der Waals surface area contributed by atoms with Crippen LogP contribution in [0.25, 0.3) is 5.65 Å². The first-order valence-corrected chi connectivity index (χ1v) is 4.69. The third-order valence-electron chi connectivity index (χ3n) is 1.46. The Hall–Kier alpha value is -0.620. The average Bonchev–Trinajstić information content (AvgIpc) is 2.35. The van der Waals surface area contributed by atoms with Crippen LogP contribution in [0.4, 0.5) is 0 Å². The summed E-state index contributed by atoms with van der Waals surface area (Å²) < 4.78 is 3.11. The van der Waals surface area contributed by atoms with Gasteiger partial charge >= 0.3 is 5.69 Å². The minimum atomic E-state index is -0.238. The maximum atomic E-state index is 11.1. The molecule has 2 aromatic rings. The number of halogens is 2. The summed E-state index contributed by atoms with van der Waals surface area (Å²) in [6, 6.07) is 1.75. The molecule has 4 nitrogen and oxygen atoms in total. The van der Waals surface area contributed by atoms with Crippen LogP contribution in [0, 0.1) is 0 Å². The molecular weight excluding hydrogens is 290 g/mol. The zero-order valence-electron chi connectivity index (χ0n) is 5.71. The van der Waals surface area contributed by atoms with Crippen LogP contribution >= 0.6 is 31.9 Å². The fourth-order valence-electron chi connectivity index (χ4n) is 0.901. The lowest BCUT2D eigenvalue weighted by molar-refractivity contribution is 1.02. The molecule has 12 heavy (non-hydrogen) atoms. The Morgan fingerprint density at radius 3 is 2.92 bits per heavy atom. The molecule has 0 saturated carbocycles. The number of H-pyrrole nitrogens is 1. The second kappa shape index (κ2) is 2.70. The lowest BCUT2D eigenvalue weighted by atomic mass is 10.5. The molecule has 0 bridgehead atoms. The highest BCUT2D eigenvalue weighted by Gasteiger charge is 2.02. The van der Waals surface area contributed by atoms with Crippen molar-refractivity contribution < 1.29 is 0 Å². The number of fused-ring (bicyclic) bond motifs is 1. The summed E-state index contributed by atoms with van der Waals surface area (Å²) in [5, 5.41) is 6.14. The molecule has 0 saturated heterocycles. The lowest BCUT2D eigenvalue weighted by Gasteiger charge is -1.95. The SMILES string of the molecule is O=c1[nH]nc2cc(Br)c(Br)cn12. The zero-order valence-corrected chi connectivity index (χ0v) is 8.89. The maximum absolute atomic E-state index is 11.1. The number of aromatic nitrogens is 3. The minimum Gasteiger partial charge on any atom is -0.249 e. The van der Waals surface area contributed by atoms with E-state index in [0.717, 1.165) is 8.95 Å². The highest BCUT2D eigenvalue weighted by molar-refractivity contribution is 9.13. The molecule has 0 aliphatic heterocycles. The summed E-state index contributed by atoms with van der Waals surface area (Å²) in [6.07, 6.45) is 1.66. The van der Waals surface area contributed by atoms with Crippen molar-refractivity contribution in [3.05, 3.63) is 31.7 Å². The summed E-state index contributed by atoms with van der Waals surface area (Å²) in [5.41, 5.74) is 0.355. The van der Waals surface area contributed by atoms with Gasteiger partial charge in [0.1, 0.15) is 0 Å². The van der Waals surface area contributed by atoms with Crippen molar-refractivity contribution in [3.8, 4) is 0 Å². The van der Waals surface area contributed by atoms with Gasteiger partial charge in [-0.1, -0.05) is 0 Å². The van der Waals surface area contributed by atoms with E-state index in [4.69, 9.17) is 0 Å². The van der Waals surface area contributed by atoms with E-state index < -0.39 is 0 Å². The van der Waals surface area contributed by atoms with Gasteiger partial charge < -0.3 is 0 Å². The lowest BCUT2D eigenvalue weighted by Crippen LogP contribution is -2.08. The van der Waals surface area contributed by atoms with Crippen molar-refractivity contribution in [1.29, 1.82) is 0 Å². The number of hydrogen-bond acceptors (Lipinski definition) is 2. The standard InChI is InChI=1S/C6H3Br2N3O/c7-3-1-5-9-10-6(12)11(5)2-4(3)8/h1-2H,(H,10,12). The van der Waals surface area contributed by atoms with Gasteiger partial charge in [0.2, 0.25) is 0 Å². The van der Waals surface area contributed by atoms with E-state index in [1.165, 1.54) is 4.40 Å². The molecule has 2 aromatic heterocycles. The number of pyridine rings is 1. The molecule has 0 aliphatic rings. The molecule has 0 amide bonds. The van der Waals surface area contributed by atoms with Gasteiger partial charge in [-0.15, -0.1) is 0 Å². The third-order valence-corrected chi connectivity index (χ3v) is 3.28. The van der Waals surface area contributed by atoms with Gasteiger partial charge in [0.05, 0.1) is 0 Å². The molecule has 0 atom stereocenters. The second-order valence-electron chi connectivity index (χ2n) is 2.23. The first-order valence-electron chi connectivity index (χ1n) is 3.10. The summed E-state index contributed by atoms with van der Waals surface area (Å²) in [5.74, 6) is 0. The highest BCUT2D eigenvalue weighted by Crippen LogP contribution is 2.22. The van der Waals surface area contributed by atoms with Crippen LogP contribution in [0.1, 0.15) is 0 Å². The summed E-state index contributed by atoms with van der Waals surface area (Å²) in [4.78, 5) is 11.1. The molecule has 2 rings (SSSR count). The number of nitrogens with zero attached hydrogens (tertiary/aromatic N) is 2. The third kappa shape index (κ3) is 1.11. The van der Waals surface area contributed by atoms with Crippen LogP contribution in [0.2, 0.25) is 0 Å². The maximum Gasteiger partial charge on any atom is 0.347 e. The Kier molecular flexibility index (Phi) is 1.80. The topological polar surface area (TPSA) is 50.2 Å². The van der Waals surface area contributed by atoms with E-state index in [9.17, 15) is 4.79 Å². The molecule has 0 spiro atoms. The van der Waals surface area contributed by atoms with Crippen LogP contribution < -0.4 is 5.69 Å². The number of rotatable bonds is 0. The first kappa shape index (κ1) is 8.00. The Morgan fingerprint density at radius 1 is 1.42 bits per heavy atom. The molecule has 6 heteroatoms. The van der Waals surface area contributed by atoms with Crippen molar-refractivity contribution in [2.45, 2.75) is 0 Å². The van der Waals surface area contributed by atoms with Crippen LogP contribution in [0.5, 0.6) is 0 Å². The van der Waals surface area contributed by atoms with Crippen LogP contribution in [0.15, 0.2) is 26.0 Å². The van der Waals surface area contributed by atoms with E-state index in [2.05, 4.69) is 42.1 Å². The van der Waals surface area contributed by atoms with Crippen LogP contribution in [-0.2, 0) is 0 Å². The van der Waals surface area contributed by atoms with Gasteiger partial charge in [0.15, 0.2) is 5.65 Å². The van der Waals surface area contributed by atoms with Crippen molar-refractivity contribution in [1.82, 2.24) is 14.6 Å². The first-order chi connectivity index (χ1) is 5.68. The van der Waals surface area contributed by atoms with E-state index in [1.807, 2.05) is 0 Å². The van der Waals surface area contributed by atoms with Gasteiger partial charge in [-0.25, -0.2) is 14.3 Å². The Balaban J connectivity index is 2.97.